The summed E-state index contributed by atoms with van der Waals surface area (Å²) in [7, 11) is 1.89. The minimum Gasteiger partial charge on any atom is -0.374 e. The van der Waals surface area contributed by atoms with Crippen LogP contribution in [0, 0.1) is 5.82 Å². The van der Waals surface area contributed by atoms with Crippen LogP contribution in [0.2, 0.25) is 0 Å². The molecule has 0 aliphatic rings. The number of halogens is 1. The van der Waals surface area contributed by atoms with Crippen LogP contribution >= 0.6 is 0 Å². The second kappa shape index (κ2) is 5.85. The van der Waals surface area contributed by atoms with E-state index in [0.717, 1.165) is 27.7 Å². The van der Waals surface area contributed by atoms with Gasteiger partial charge in [0, 0.05) is 47.2 Å². The zero-order valence-electron chi connectivity index (χ0n) is 13.2. The van der Waals surface area contributed by atoms with Gasteiger partial charge in [0.1, 0.15) is 5.82 Å². The SMILES string of the molecule is Cn1cc(C(Nc2ccccc2)c2c[nH]c3ccc(F)cc23)cn1. The molecule has 1 unspecified atom stereocenters. The van der Waals surface area contributed by atoms with Gasteiger partial charge in [-0.1, -0.05) is 18.2 Å². The van der Waals surface area contributed by atoms with Crippen molar-refractivity contribution in [3.05, 3.63) is 84.1 Å². The van der Waals surface area contributed by atoms with Crippen LogP contribution in [0.4, 0.5) is 10.1 Å². The lowest BCUT2D eigenvalue weighted by atomic mass is 10.0. The van der Waals surface area contributed by atoms with Crippen LogP contribution in [-0.4, -0.2) is 14.8 Å². The molecule has 0 aliphatic carbocycles. The average Bonchev–Trinajstić information content (AvgIpc) is 3.20. The van der Waals surface area contributed by atoms with E-state index in [0.29, 0.717) is 0 Å². The fourth-order valence-corrected chi connectivity index (χ4v) is 2.98. The van der Waals surface area contributed by atoms with Crippen LogP contribution in [0.1, 0.15) is 17.2 Å². The number of hydrogen-bond acceptors (Lipinski definition) is 2. The first kappa shape index (κ1) is 14.5. The highest BCUT2D eigenvalue weighted by Gasteiger charge is 2.20. The Labute approximate surface area is 138 Å². The first-order chi connectivity index (χ1) is 11.7. The Morgan fingerprint density at radius 3 is 2.75 bits per heavy atom. The molecular formula is C19H17FN4. The van der Waals surface area contributed by atoms with E-state index in [2.05, 4.69) is 15.4 Å². The van der Waals surface area contributed by atoms with Crippen LogP contribution in [-0.2, 0) is 7.05 Å². The highest BCUT2D eigenvalue weighted by Crippen LogP contribution is 2.32. The molecular weight excluding hydrogens is 303 g/mol. The van der Waals surface area contributed by atoms with Gasteiger partial charge in [-0.2, -0.15) is 5.10 Å². The molecule has 120 valence electrons. The first-order valence-electron chi connectivity index (χ1n) is 7.77. The largest absolute Gasteiger partial charge is 0.374 e. The molecule has 0 spiro atoms. The monoisotopic (exact) mass is 320 g/mol. The molecule has 2 N–H and O–H groups in total. The van der Waals surface area contributed by atoms with Crippen molar-refractivity contribution >= 4 is 16.6 Å². The summed E-state index contributed by atoms with van der Waals surface area (Å²) < 4.78 is 15.5. The van der Waals surface area contributed by atoms with Crippen LogP contribution < -0.4 is 5.32 Å². The Bertz CT molecular complexity index is 971. The Kier molecular flexibility index (Phi) is 3.54. The summed E-state index contributed by atoms with van der Waals surface area (Å²) in [5.41, 5.74) is 3.92. The molecule has 0 bridgehead atoms. The van der Waals surface area contributed by atoms with Gasteiger partial charge in [0.05, 0.1) is 12.2 Å². The van der Waals surface area contributed by atoms with Gasteiger partial charge in [0.15, 0.2) is 0 Å². The summed E-state index contributed by atoms with van der Waals surface area (Å²) in [4.78, 5) is 3.22. The summed E-state index contributed by atoms with van der Waals surface area (Å²) in [5, 5.41) is 8.67. The normalized spacial score (nSPS) is 12.4. The quantitative estimate of drug-likeness (QED) is 0.591. The lowest BCUT2D eigenvalue weighted by Gasteiger charge is -2.18. The number of aryl methyl sites for hydroxylation is 1. The number of hydrogen-bond donors (Lipinski definition) is 2. The number of nitrogens with one attached hydrogen (secondary N) is 2. The number of aromatic nitrogens is 3. The van der Waals surface area contributed by atoms with Gasteiger partial charge in [-0.3, -0.25) is 4.68 Å². The fraction of sp³-hybridized carbons (Fsp3) is 0.105. The number of fused-ring (bicyclic) bond motifs is 1. The Balaban J connectivity index is 1.83. The van der Waals surface area contributed by atoms with E-state index in [1.165, 1.54) is 6.07 Å². The highest BCUT2D eigenvalue weighted by atomic mass is 19.1. The third-order valence-corrected chi connectivity index (χ3v) is 4.13. The predicted octanol–water partition coefficient (Wildman–Crippen LogP) is 4.24. The third kappa shape index (κ3) is 2.65. The maximum atomic E-state index is 13.7. The molecule has 2 heterocycles. The first-order valence-corrected chi connectivity index (χ1v) is 7.77. The molecule has 4 rings (SSSR count). The van der Waals surface area contributed by atoms with Crippen molar-refractivity contribution in [1.29, 1.82) is 0 Å². The van der Waals surface area contributed by atoms with Crippen molar-refractivity contribution in [2.45, 2.75) is 6.04 Å². The van der Waals surface area contributed by atoms with Gasteiger partial charge in [-0.25, -0.2) is 4.39 Å². The number of aromatic amines is 1. The van der Waals surface area contributed by atoms with Gasteiger partial charge in [-0.15, -0.1) is 0 Å². The van der Waals surface area contributed by atoms with E-state index in [4.69, 9.17) is 0 Å². The van der Waals surface area contributed by atoms with Crippen LogP contribution in [0.25, 0.3) is 10.9 Å². The van der Waals surface area contributed by atoms with Gasteiger partial charge in [-0.05, 0) is 30.3 Å². The number of para-hydroxylation sites is 1. The minimum atomic E-state index is -0.243. The zero-order chi connectivity index (χ0) is 16.5. The van der Waals surface area contributed by atoms with Crippen molar-refractivity contribution in [3.8, 4) is 0 Å². The summed E-state index contributed by atoms with van der Waals surface area (Å²) in [6, 6.07) is 14.6. The smallest absolute Gasteiger partial charge is 0.123 e. The molecule has 2 aromatic heterocycles. The molecule has 0 fully saturated rings. The molecule has 0 saturated carbocycles. The zero-order valence-corrected chi connectivity index (χ0v) is 13.2. The molecule has 4 aromatic rings. The van der Waals surface area contributed by atoms with E-state index >= 15 is 0 Å². The van der Waals surface area contributed by atoms with Crippen molar-refractivity contribution in [1.82, 2.24) is 14.8 Å². The third-order valence-electron chi connectivity index (χ3n) is 4.13. The Morgan fingerprint density at radius 2 is 2.00 bits per heavy atom. The molecule has 0 radical (unpaired) electrons. The lowest BCUT2D eigenvalue weighted by Crippen LogP contribution is -2.11. The van der Waals surface area contributed by atoms with E-state index in [1.54, 1.807) is 16.8 Å². The minimum absolute atomic E-state index is 0.128. The van der Waals surface area contributed by atoms with Crippen LogP contribution in [0.3, 0.4) is 0 Å². The topological polar surface area (TPSA) is 45.6 Å². The standard InChI is InChI=1S/C19H17FN4/c1-24-12-13(10-22-24)19(23-15-5-3-2-4-6-15)17-11-21-18-8-7-14(20)9-16(17)18/h2-12,19,21,23H,1H3. The fourth-order valence-electron chi connectivity index (χ4n) is 2.98. The summed E-state index contributed by atoms with van der Waals surface area (Å²) in [6.07, 6.45) is 5.73. The van der Waals surface area contributed by atoms with E-state index in [1.807, 2.05) is 56.0 Å². The predicted molar refractivity (Wildman–Crippen MR) is 93.4 cm³/mol. The van der Waals surface area contributed by atoms with Crippen molar-refractivity contribution in [2.75, 3.05) is 5.32 Å². The molecule has 4 nitrogen and oxygen atoms in total. The molecule has 2 aromatic carbocycles. The molecule has 0 saturated heterocycles. The van der Waals surface area contributed by atoms with Gasteiger partial charge in [0.2, 0.25) is 0 Å². The van der Waals surface area contributed by atoms with Crippen LogP contribution in [0.5, 0.6) is 0 Å². The summed E-state index contributed by atoms with van der Waals surface area (Å²) in [6.45, 7) is 0. The molecule has 5 heteroatoms. The Morgan fingerprint density at radius 1 is 1.17 bits per heavy atom. The highest BCUT2D eigenvalue weighted by molar-refractivity contribution is 5.84. The number of benzene rings is 2. The maximum absolute atomic E-state index is 13.7. The summed E-state index contributed by atoms with van der Waals surface area (Å²) in [5.74, 6) is -0.243. The molecule has 1 atom stereocenters. The Hall–Kier alpha value is -3.08. The van der Waals surface area contributed by atoms with Gasteiger partial charge >= 0.3 is 0 Å². The number of nitrogens with zero attached hydrogens (tertiary/aromatic N) is 2. The number of anilines is 1. The van der Waals surface area contributed by atoms with Gasteiger partial charge < -0.3 is 10.3 Å². The number of rotatable bonds is 4. The summed E-state index contributed by atoms with van der Waals surface area (Å²) >= 11 is 0. The molecule has 24 heavy (non-hydrogen) atoms. The molecule has 0 aliphatic heterocycles. The maximum Gasteiger partial charge on any atom is 0.123 e. The van der Waals surface area contributed by atoms with E-state index in [9.17, 15) is 4.39 Å². The average molecular weight is 320 g/mol. The van der Waals surface area contributed by atoms with Crippen molar-refractivity contribution < 1.29 is 4.39 Å². The lowest BCUT2D eigenvalue weighted by molar-refractivity contribution is 0.629. The second-order valence-electron chi connectivity index (χ2n) is 5.82. The molecule has 0 amide bonds. The number of H-pyrrole nitrogens is 1. The van der Waals surface area contributed by atoms with Crippen LogP contribution in [0.15, 0.2) is 67.1 Å². The van der Waals surface area contributed by atoms with E-state index < -0.39 is 0 Å². The second-order valence-corrected chi connectivity index (χ2v) is 5.82. The van der Waals surface area contributed by atoms with Gasteiger partial charge in [0.25, 0.3) is 0 Å². The van der Waals surface area contributed by atoms with Crippen molar-refractivity contribution in [3.63, 3.8) is 0 Å². The van der Waals surface area contributed by atoms with Crippen molar-refractivity contribution in [2.24, 2.45) is 7.05 Å². The van der Waals surface area contributed by atoms with E-state index in [-0.39, 0.29) is 11.9 Å².